The second kappa shape index (κ2) is 20.8. The molecule has 65 heavy (non-hydrogen) atoms. The Morgan fingerprint density at radius 3 is 2.57 bits per heavy atom. The Bertz CT molecular complexity index is 2380. The molecule has 0 radical (unpaired) electrons. The number of hydrogen-bond acceptors (Lipinski definition) is 12. The molecule has 1 aromatic carbocycles. The predicted molar refractivity (Wildman–Crippen MR) is 252 cm³/mol. The number of hydrogen-bond donors (Lipinski definition) is 2. The Labute approximate surface area is 386 Å². The maximum atomic E-state index is 14.6. The molecular weight excluding hydrogens is 847 g/mol. The minimum absolute atomic E-state index is 0.0535. The second-order valence-electron chi connectivity index (χ2n) is 18.2. The molecule has 16 nitrogen and oxygen atoms in total. The van der Waals surface area contributed by atoms with E-state index in [4.69, 9.17) is 23.8 Å². The minimum atomic E-state index is -1.16. The van der Waals surface area contributed by atoms with Crippen molar-refractivity contribution >= 4 is 63.8 Å². The topological polar surface area (TPSA) is 181 Å². The van der Waals surface area contributed by atoms with Gasteiger partial charge >= 0.3 is 5.97 Å². The van der Waals surface area contributed by atoms with Crippen molar-refractivity contribution in [2.75, 3.05) is 40.4 Å². The molecule has 6 rings (SSSR count). The molecule has 0 unspecified atom stereocenters. The van der Waals surface area contributed by atoms with Gasteiger partial charge in [0.15, 0.2) is 0 Å². The van der Waals surface area contributed by atoms with Crippen LogP contribution in [0.5, 0.6) is 0 Å². The first-order valence-corrected chi connectivity index (χ1v) is 23.3. The zero-order valence-electron chi connectivity index (χ0n) is 39.3. The largest absolute Gasteiger partial charge is 0.464 e. The standard InChI is InChI=1S/C48H65N9O7S/c1-12-32(40(49-14-3)29(7)63-11)42-34-25-48(8,9)27-64-47(62)35-17-16-21-57(52-35)46(61)36(24-38-51-44(65-53-38)30-18-19-37(33(34)23-30)56(42)15-4)50-43(59)41(28(5)6)54(10)45(60)31-20-22-55(26-31)39(58)13-2/h12-14,18-19,23,28-29,31,35-36,41,52H,1-2,15-17,20-22,24-27H2,3-11H3,(H,50,59)/b40-32+,49-14?/t29-,31-,35-,36-,41-/m0/s1. The summed E-state index contributed by atoms with van der Waals surface area (Å²) < 4.78 is 18.9. The van der Waals surface area contributed by atoms with Crippen LogP contribution in [0, 0.1) is 17.3 Å². The number of allylic oxidation sites excluding steroid dienone is 2. The summed E-state index contributed by atoms with van der Waals surface area (Å²) in [6.07, 6.45) is 6.38. The number of aliphatic imine (C=N–C) groups is 1. The molecule has 17 heteroatoms. The summed E-state index contributed by atoms with van der Waals surface area (Å²) in [4.78, 5) is 81.7. The van der Waals surface area contributed by atoms with Crippen molar-refractivity contribution in [2.24, 2.45) is 22.2 Å². The molecule has 5 heterocycles. The van der Waals surface area contributed by atoms with Gasteiger partial charge in [0.25, 0.3) is 5.91 Å². The van der Waals surface area contributed by atoms with Crippen LogP contribution >= 0.6 is 11.5 Å². The van der Waals surface area contributed by atoms with Gasteiger partial charge in [-0.25, -0.2) is 10.4 Å². The van der Waals surface area contributed by atoms with Gasteiger partial charge in [-0.15, -0.1) is 0 Å². The fourth-order valence-electron chi connectivity index (χ4n) is 9.27. The van der Waals surface area contributed by atoms with Gasteiger partial charge in [0.05, 0.1) is 30.0 Å². The van der Waals surface area contributed by atoms with Gasteiger partial charge in [0.1, 0.15) is 29.0 Å². The zero-order chi connectivity index (χ0) is 47.3. The van der Waals surface area contributed by atoms with Crippen molar-refractivity contribution in [1.29, 1.82) is 0 Å². The Kier molecular flexibility index (Phi) is 15.6. The van der Waals surface area contributed by atoms with Crippen LogP contribution in [0.4, 0.5) is 0 Å². The molecule has 2 saturated heterocycles. The smallest absolute Gasteiger partial charge is 0.324 e. The van der Waals surface area contributed by atoms with Gasteiger partial charge in [-0.05, 0) is 93.7 Å². The number of fused-ring (bicyclic) bond motifs is 6. The van der Waals surface area contributed by atoms with Crippen molar-refractivity contribution in [3.63, 3.8) is 0 Å². The van der Waals surface area contributed by atoms with Gasteiger partial charge in [-0.2, -0.15) is 4.37 Å². The van der Waals surface area contributed by atoms with E-state index in [0.29, 0.717) is 49.6 Å². The van der Waals surface area contributed by atoms with Crippen molar-refractivity contribution in [1.82, 2.24) is 39.5 Å². The molecule has 0 saturated carbocycles. The average Bonchev–Trinajstić information content (AvgIpc) is 4.05. The molecule has 2 N–H and O–H groups in total. The van der Waals surface area contributed by atoms with E-state index < -0.39 is 47.2 Å². The number of carbonyl (C=O) groups is 5. The summed E-state index contributed by atoms with van der Waals surface area (Å²) >= 11 is 1.20. The van der Waals surface area contributed by atoms with Crippen LogP contribution in [0.2, 0.25) is 0 Å². The van der Waals surface area contributed by atoms with Gasteiger partial charge in [0.2, 0.25) is 17.7 Å². The van der Waals surface area contributed by atoms with E-state index in [9.17, 15) is 24.0 Å². The molecular formula is C48H65N9O7S. The first-order valence-electron chi connectivity index (χ1n) is 22.6. The monoisotopic (exact) mass is 911 g/mol. The van der Waals surface area contributed by atoms with E-state index in [-0.39, 0.29) is 50.0 Å². The lowest BCUT2D eigenvalue weighted by molar-refractivity contribution is -0.155. The fraction of sp³-hybridized carbons (Fsp3) is 0.542. The second-order valence-corrected chi connectivity index (χ2v) is 19.0. The molecule has 3 aromatic rings. The van der Waals surface area contributed by atoms with Crippen LogP contribution in [0.25, 0.3) is 27.0 Å². The summed E-state index contributed by atoms with van der Waals surface area (Å²) in [5.41, 5.74) is 7.94. The lowest BCUT2D eigenvalue weighted by atomic mass is 9.84. The molecule has 2 fully saturated rings. The number of esters is 1. The number of nitrogens with one attached hydrogen (secondary N) is 2. The predicted octanol–water partition coefficient (Wildman–Crippen LogP) is 5.37. The quantitative estimate of drug-likeness (QED) is 0.104. The number of nitrogens with zero attached hydrogens (tertiary/aromatic N) is 7. The molecule has 0 spiro atoms. The molecule has 350 valence electrons. The van der Waals surface area contributed by atoms with Gasteiger partial charge in [-0.1, -0.05) is 46.9 Å². The molecule has 2 aromatic heterocycles. The number of aromatic nitrogens is 3. The number of benzene rings is 1. The number of amides is 4. The number of ether oxygens (including phenoxy) is 2. The fourth-order valence-corrected chi connectivity index (χ4v) is 9.96. The van der Waals surface area contributed by atoms with Crippen LogP contribution in [-0.4, -0.2) is 129 Å². The number of rotatable bonds is 12. The number of methoxy groups -OCH3 is 1. The first-order chi connectivity index (χ1) is 31.0. The Hall–Kier alpha value is -5.52. The summed E-state index contributed by atoms with van der Waals surface area (Å²) in [6, 6.07) is 3.29. The van der Waals surface area contributed by atoms with Crippen LogP contribution in [0.1, 0.15) is 84.8 Å². The maximum absolute atomic E-state index is 14.6. The Balaban J connectivity index is 1.42. The lowest BCUT2D eigenvalue weighted by Crippen LogP contribution is -2.62. The van der Waals surface area contributed by atoms with Crippen LogP contribution < -0.4 is 10.7 Å². The molecule has 4 amide bonds. The van der Waals surface area contributed by atoms with E-state index >= 15 is 0 Å². The van der Waals surface area contributed by atoms with Crippen molar-refractivity contribution in [3.8, 4) is 10.6 Å². The third kappa shape index (κ3) is 10.5. The highest BCUT2D eigenvalue weighted by Gasteiger charge is 2.40. The van der Waals surface area contributed by atoms with Crippen molar-refractivity contribution in [2.45, 2.75) is 111 Å². The Morgan fingerprint density at radius 2 is 1.91 bits per heavy atom. The van der Waals surface area contributed by atoms with Crippen LogP contribution in [0.3, 0.4) is 0 Å². The van der Waals surface area contributed by atoms with Crippen molar-refractivity contribution in [3.05, 3.63) is 66.3 Å². The lowest BCUT2D eigenvalue weighted by Gasteiger charge is -2.36. The molecule has 3 aliphatic heterocycles. The first kappa shape index (κ1) is 48.9. The van der Waals surface area contributed by atoms with Crippen LogP contribution in [-0.2, 0) is 52.8 Å². The van der Waals surface area contributed by atoms with Gasteiger partial charge in [0, 0.05) is 80.4 Å². The summed E-state index contributed by atoms with van der Waals surface area (Å²) in [6.45, 7) is 23.2. The van der Waals surface area contributed by atoms with Gasteiger partial charge in [-0.3, -0.25) is 34.0 Å². The van der Waals surface area contributed by atoms with Crippen LogP contribution in [0.15, 0.2) is 54.2 Å². The average molecular weight is 912 g/mol. The highest BCUT2D eigenvalue weighted by molar-refractivity contribution is 7.09. The van der Waals surface area contributed by atoms with Gasteiger partial charge < -0.3 is 29.2 Å². The van der Waals surface area contributed by atoms with E-state index in [1.54, 1.807) is 25.3 Å². The van der Waals surface area contributed by atoms with E-state index in [1.165, 1.54) is 27.5 Å². The van der Waals surface area contributed by atoms with E-state index in [2.05, 4.69) is 61.4 Å². The normalized spacial score (nSPS) is 21.7. The van der Waals surface area contributed by atoms with Crippen molar-refractivity contribution < 1.29 is 33.4 Å². The Morgan fingerprint density at radius 1 is 1.15 bits per heavy atom. The van der Waals surface area contributed by atoms with E-state index in [0.717, 1.165) is 39.0 Å². The molecule has 3 aliphatic rings. The van der Waals surface area contributed by atoms with E-state index in [1.807, 2.05) is 39.8 Å². The molecule has 6 bridgehead atoms. The number of likely N-dealkylation sites (N-methyl/N-ethyl adjacent to an activating group) is 1. The highest BCUT2D eigenvalue weighted by Crippen LogP contribution is 2.40. The third-order valence-electron chi connectivity index (χ3n) is 12.6. The SMILES string of the molecule is C=CC(=O)N1CC[C@H](C(=O)N(C)[C@H](C(=O)N[C@H]2Cc3nsc(n3)-c3ccc4c(c3)c(c(/C(C=C)=C(/N=CC)[C@H](C)OC)n4CC)CC(C)(C)COC(=O)[C@@H]3CCCN(N3)C2=O)C(C)C)C1. The summed E-state index contributed by atoms with van der Waals surface area (Å²) in [5.74, 6) is -2.45. The number of hydrazine groups is 1. The number of cyclic esters (lactones) is 1. The zero-order valence-corrected chi connectivity index (χ0v) is 40.1. The summed E-state index contributed by atoms with van der Waals surface area (Å²) in [7, 11) is 3.24. The number of aryl methyl sites for hydroxylation is 1. The minimum Gasteiger partial charge on any atom is -0.464 e. The summed E-state index contributed by atoms with van der Waals surface area (Å²) in [5, 5.41) is 5.97. The molecule has 5 atom stereocenters. The molecule has 0 aliphatic carbocycles. The third-order valence-corrected chi connectivity index (χ3v) is 13.4. The maximum Gasteiger partial charge on any atom is 0.324 e. The number of likely N-dealkylation sites (tertiary alicyclic amines) is 1. The number of carbonyl (C=O) groups excluding carboxylic acids is 5. The highest BCUT2D eigenvalue weighted by atomic mass is 32.1.